The van der Waals surface area contributed by atoms with Crippen molar-refractivity contribution in [1.29, 1.82) is 0 Å². The van der Waals surface area contributed by atoms with Crippen LogP contribution in [0.15, 0.2) is 79.5 Å². The van der Waals surface area contributed by atoms with Gasteiger partial charge in [-0.15, -0.1) is 0 Å². The number of fused-ring (bicyclic) bond motifs is 2. The van der Waals surface area contributed by atoms with Gasteiger partial charge < -0.3 is 14.8 Å². The van der Waals surface area contributed by atoms with Crippen LogP contribution in [0.1, 0.15) is 31.4 Å². The molecule has 7 heteroatoms. The summed E-state index contributed by atoms with van der Waals surface area (Å²) in [5.74, 6) is 0.400. The highest BCUT2D eigenvalue weighted by atomic mass is 16.2. The molecule has 0 radical (unpaired) electrons. The van der Waals surface area contributed by atoms with Crippen molar-refractivity contribution in [2.75, 3.05) is 18.4 Å². The maximum absolute atomic E-state index is 12.2. The van der Waals surface area contributed by atoms with Gasteiger partial charge in [0.05, 0.1) is 17.1 Å². The third kappa shape index (κ3) is 4.53. The van der Waals surface area contributed by atoms with Gasteiger partial charge in [-0.1, -0.05) is 18.2 Å². The van der Waals surface area contributed by atoms with Gasteiger partial charge in [0.15, 0.2) is 0 Å². The molecule has 2 aromatic carbocycles. The van der Waals surface area contributed by atoms with E-state index in [1.807, 2.05) is 17.2 Å². The number of nitrogens with one attached hydrogen (secondary N) is 1. The summed E-state index contributed by atoms with van der Waals surface area (Å²) in [4.78, 5) is 27.9. The van der Waals surface area contributed by atoms with Crippen molar-refractivity contribution in [2.45, 2.75) is 25.8 Å². The van der Waals surface area contributed by atoms with Gasteiger partial charge in [0.2, 0.25) is 5.91 Å². The number of anilines is 1. The average Bonchev–Trinajstić information content (AvgIpc) is 3.31. The Balaban J connectivity index is 1.43. The summed E-state index contributed by atoms with van der Waals surface area (Å²) >= 11 is 0. The minimum Gasteiger partial charge on any atom is -0.378 e. The van der Waals surface area contributed by atoms with Crippen LogP contribution >= 0.6 is 0 Å². The summed E-state index contributed by atoms with van der Waals surface area (Å²) in [7, 11) is 2.06. The number of hydrogen-bond acceptors (Lipinski definition) is 5. The van der Waals surface area contributed by atoms with E-state index >= 15 is 0 Å². The van der Waals surface area contributed by atoms with Crippen LogP contribution in [-0.2, 0) is 11.8 Å². The van der Waals surface area contributed by atoms with Crippen molar-refractivity contribution in [3.05, 3.63) is 85.1 Å². The smallest absolute Gasteiger partial charge is 0.219 e. The van der Waals surface area contributed by atoms with Crippen molar-refractivity contribution < 1.29 is 4.79 Å². The van der Waals surface area contributed by atoms with E-state index in [9.17, 15) is 4.79 Å². The average molecular weight is 491 g/mol. The first kappa shape index (κ1) is 23.2. The van der Waals surface area contributed by atoms with E-state index in [0.29, 0.717) is 0 Å². The van der Waals surface area contributed by atoms with E-state index in [1.54, 1.807) is 25.5 Å². The van der Waals surface area contributed by atoms with Crippen LogP contribution in [0, 0.1) is 5.92 Å². The van der Waals surface area contributed by atoms with Gasteiger partial charge in [-0.05, 0) is 59.7 Å². The zero-order chi connectivity index (χ0) is 25.4. The maximum atomic E-state index is 12.2. The SMILES string of the molecule is CC(=O)N1CCCC(C(Nc2cc(-c3ccc4ccn(C)c4c3)c3nccnc3c2)c2cccnc2)C1. The van der Waals surface area contributed by atoms with Crippen LogP contribution in [-0.4, -0.2) is 43.4 Å². The number of amides is 1. The highest BCUT2D eigenvalue weighted by molar-refractivity contribution is 5.97. The van der Waals surface area contributed by atoms with Crippen molar-refractivity contribution in [3.63, 3.8) is 0 Å². The number of piperidine rings is 1. The highest BCUT2D eigenvalue weighted by Crippen LogP contribution is 2.36. The predicted octanol–water partition coefficient (Wildman–Crippen LogP) is 5.60. The Hall–Kier alpha value is -4.26. The molecule has 1 aliphatic rings. The van der Waals surface area contributed by atoms with Gasteiger partial charge in [-0.25, -0.2) is 0 Å². The number of likely N-dealkylation sites (tertiary alicyclic amines) is 1. The van der Waals surface area contributed by atoms with E-state index in [2.05, 4.69) is 75.6 Å². The largest absolute Gasteiger partial charge is 0.378 e. The number of rotatable bonds is 5. The minimum atomic E-state index is 0.00757. The van der Waals surface area contributed by atoms with Crippen LogP contribution in [0.3, 0.4) is 0 Å². The van der Waals surface area contributed by atoms with Gasteiger partial charge in [0.25, 0.3) is 0 Å². The van der Waals surface area contributed by atoms with Crippen molar-refractivity contribution in [2.24, 2.45) is 13.0 Å². The standard InChI is InChI=1S/C30H30N6O/c1-20(37)36-13-4-6-24(19-36)29(23-5-3-10-31-18-23)34-25-16-26(30-27(17-25)32-11-12-33-30)22-8-7-21-9-14-35(2)28(21)15-22/h3,5,7-12,14-18,24,29,34H,4,6,13,19H2,1-2H3. The fourth-order valence-electron chi connectivity index (χ4n) is 5.59. The zero-order valence-electron chi connectivity index (χ0n) is 21.1. The first-order chi connectivity index (χ1) is 18.1. The number of benzene rings is 2. The Bertz CT molecular complexity index is 1580. The molecule has 186 valence electrons. The van der Waals surface area contributed by atoms with Gasteiger partial charge in [-0.2, -0.15) is 0 Å². The quantitative estimate of drug-likeness (QED) is 0.347. The molecule has 0 bridgehead atoms. The second-order valence-electron chi connectivity index (χ2n) is 9.92. The highest BCUT2D eigenvalue weighted by Gasteiger charge is 2.30. The van der Waals surface area contributed by atoms with Crippen LogP contribution in [0.5, 0.6) is 0 Å². The Morgan fingerprint density at radius 2 is 1.97 bits per heavy atom. The minimum absolute atomic E-state index is 0.00757. The van der Waals surface area contributed by atoms with Gasteiger partial charge in [-0.3, -0.25) is 19.7 Å². The molecule has 6 rings (SSSR count). The lowest BCUT2D eigenvalue weighted by Gasteiger charge is -2.37. The van der Waals surface area contributed by atoms with Crippen LogP contribution in [0.2, 0.25) is 0 Å². The molecule has 7 nitrogen and oxygen atoms in total. The summed E-state index contributed by atoms with van der Waals surface area (Å²) in [6.45, 7) is 3.21. The molecule has 37 heavy (non-hydrogen) atoms. The number of carbonyl (C=O) groups excluding carboxylic acids is 1. The summed E-state index contributed by atoms with van der Waals surface area (Å²) in [5, 5.41) is 5.03. The maximum Gasteiger partial charge on any atom is 0.219 e. The zero-order valence-corrected chi connectivity index (χ0v) is 21.1. The third-order valence-electron chi connectivity index (χ3n) is 7.51. The molecule has 1 aliphatic heterocycles. The number of aryl methyl sites for hydroxylation is 1. The predicted molar refractivity (Wildman–Crippen MR) is 147 cm³/mol. The van der Waals surface area contributed by atoms with Crippen LogP contribution in [0.25, 0.3) is 33.1 Å². The molecule has 0 saturated carbocycles. The normalized spacial score (nSPS) is 16.7. The van der Waals surface area contributed by atoms with E-state index < -0.39 is 0 Å². The molecule has 5 aromatic rings. The molecular formula is C30H30N6O. The number of carbonyl (C=O) groups is 1. The molecule has 0 aliphatic carbocycles. The Morgan fingerprint density at radius 3 is 2.81 bits per heavy atom. The van der Waals surface area contributed by atoms with E-state index in [1.165, 1.54) is 10.9 Å². The molecule has 4 heterocycles. The number of hydrogen-bond donors (Lipinski definition) is 1. The van der Waals surface area contributed by atoms with Crippen molar-refractivity contribution in [1.82, 2.24) is 24.4 Å². The lowest BCUT2D eigenvalue weighted by Crippen LogP contribution is -2.41. The second kappa shape index (κ2) is 9.65. The number of nitrogens with zero attached hydrogens (tertiary/aromatic N) is 5. The Morgan fingerprint density at radius 1 is 1.08 bits per heavy atom. The van der Waals surface area contributed by atoms with Gasteiger partial charge in [0, 0.05) is 80.7 Å². The third-order valence-corrected chi connectivity index (χ3v) is 7.51. The summed E-state index contributed by atoms with van der Waals surface area (Å²) in [6.07, 6.45) is 11.3. The molecule has 1 N–H and O–H groups in total. The van der Waals surface area contributed by atoms with Gasteiger partial charge in [0.1, 0.15) is 0 Å². The van der Waals surface area contributed by atoms with E-state index in [0.717, 1.165) is 59.3 Å². The number of aromatic nitrogens is 4. The lowest BCUT2D eigenvalue weighted by molar-refractivity contribution is -0.130. The fraction of sp³-hybridized carbons (Fsp3) is 0.267. The summed E-state index contributed by atoms with van der Waals surface area (Å²) in [6, 6.07) is 17.0. The summed E-state index contributed by atoms with van der Waals surface area (Å²) in [5.41, 5.74) is 7.12. The topological polar surface area (TPSA) is 75.9 Å². The molecule has 2 atom stereocenters. The molecule has 2 unspecified atom stereocenters. The summed E-state index contributed by atoms with van der Waals surface area (Å²) < 4.78 is 2.14. The van der Waals surface area contributed by atoms with Crippen LogP contribution < -0.4 is 5.32 Å². The monoisotopic (exact) mass is 490 g/mol. The molecular weight excluding hydrogens is 460 g/mol. The van der Waals surface area contributed by atoms with E-state index in [-0.39, 0.29) is 17.9 Å². The fourth-order valence-corrected chi connectivity index (χ4v) is 5.59. The molecule has 0 spiro atoms. The molecule has 1 amide bonds. The second-order valence-corrected chi connectivity index (χ2v) is 9.92. The van der Waals surface area contributed by atoms with Crippen LogP contribution in [0.4, 0.5) is 5.69 Å². The van der Waals surface area contributed by atoms with Crippen molar-refractivity contribution >= 4 is 33.5 Å². The lowest BCUT2D eigenvalue weighted by atomic mass is 9.86. The Labute approximate surface area is 216 Å². The molecule has 1 saturated heterocycles. The first-order valence-electron chi connectivity index (χ1n) is 12.8. The molecule has 1 fully saturated rings. The first-order valence-corrected chi connectivity index (χ1v) is 12.8. The van der Waals surface area contributed by atoms with Gasteiger partial charge >= 0.3 is 0 Å². The van der Waals surface area contributed by atoms with E-state index in [4.69, 9.17) is 4.98 Å². The number of pyridine rings is 1. The Kier molecular flexibility index (Phi) is 6.04. The molecule has 3 aromatic heterocycles. The van der Waals surface area contributed by atoms with Crippen molar-refractivity contribution in [3.8, 4) is 11.1 Å².